The lowest BCUT2D eigenvalue weighted by Crippen LogP contribution is -2.20. The van der Waals surface area contributed by atoms with Crippen LogP contribution >= 0.6 is 12.6 Å². The average Bonchev–Trinajstić information content (AvgIpc) is 2.36. The van der Waals surface area contributed by atoms with Crippen molar-refractivity contribution in [3.8, 4) is 0 Å². The van der Waals surface area contributed by atoms with E-state index in [9.17, 15) is 15.0 Å². The van der Waals surface area contributed by atoms with Crippen LogP contribution in [0.4, 0.5) is 0 Å². The van der Waals surface area contributed by atoms with Crippen molar-refractivity contribution < 1.29 is 19.7 Å². The zero-order valence-corrected chi connectivity index (χ0v) is 9.59. The fourth-order valence-electron chi connectivity index (χ4n) is 1.17. The number of ether oxygens (including phenoxy) is 1. The standard InChI is InChI=1S/C10H13NO4S/c1-15-10(14)7-2-6(3-11-4-7)9(13)8(12)5-16/h2-4,8-9,12-13,16H,5H2,1H3. The molecule has 0 spiro atoms. The van der Waals surface area contributed by atoms with Gasteiger partial charge in [0.15, 0.2) is 0 Å². The van der Waals surface area contributed by atoms with Crippen LogP contribution in [0.25, 0.3) is 0 Å². The minimum atomic E-state index is -1.12. The Morgan fingerprint density at radius 2 is 2.25 bits per heavy atom. The van der Waals surface area contributed by atoms with Crippen molar-refractivity contribution in [2.24, 2.45) is 0 Å². The number of nitrogens with zero attached hydrogens (tertiary/aromatic N) is 1. The molecule has 5 nitrogen and oxygen atoms in total. The number of hydrogen-bond acceptors (Lipinski definition) is 6. The first-order chi connectivity index (χ1) is 7.60. The molecule has 0 aliphatic heterocycles. The molecule has 16 heavy (non-hydrogen) atoms. The Morgan fingerprint density at radius 3 is 2.81 bits per heavy atom. The van der Waals surface area contributed by atoms with Crippen LogP contribution in [-0.4, -0.2) is 40.1 Å². The number of carbonyl (C=O) groups excluding carboxylic acids is 1. The summed E-state index contributed by atoms with van der Waals surface area (Å²) in [6.45, 7) is 0. The van der Waals surface area contributed by atoms with Crippen LogP contribution in [0.15, 0.2) is 18.5 Å². The zero-order valence-electron chi connectivity index (χ0n) is 8.70. The molecule has 1 rings (SSSR count). The monoisotopic (exact) mass is 243 g/mol. The van der Waals surface area contributed by atoms with E-state index in [0.717, 1.165) is 0 Å². The van der Waals surface area contributed by atoms with Crippen molar-refractivity contribution >= 4 is 18.6 Å². The number of aromatic nitrogens is 1. The molecule has 2 unspecified atom stereocenters. The molecule has 1 aromatic rings. The smallest absolute Gasteiger partial charge is 0.339 e. The molecule has 0 radical (unpaired) electrons. The minimum absolute atomic E-state index is 0.115. The SMILES string of the molecule is COC(=O)c1cncc(C(O)C(O)CS)c1. The van der Waals surface area contributed by atoms with Gasteiger partial charge in [0.25, 0.3) is 0 Å². The van der Waals surface area contributed by atoms with Gasteiger partial charge in [-0.25, -0.2) is 4.79 Å². The largest absolute Gasteiger partial charge is 0.465 e. The van der Waals surface area contributed by atoms with E-state index < -0.39 is 18.2 Å². The molecule has 0 aromatic carbocycles. The average molecular weight is 243 g/mol. The summed E-state index contributed by atoms with van der Waals surface area (Å²) in [5.41, 5.74) is 0.579. The van der Waals surface area contributed by atoms with E-state index in [1.54, 1.807) is 0 Å². The first-order valence-electron chi connectivity index (χ1n) is 4.60. The van der Waals surface area contributed by atoms with Gasteiger partial charge in [0, 0.05) is 23.7 Å². The third-order valence-electron chi connectivity index (χ3n) is 2.07. The number of rotatable bonds is 4. The maximum Gasteiger partial charge on any atom is 0.339 e. The van der Waals surface area contributed by atoms with Gasteiger partial charge in [0.05, 0.1) is 18.8 Å². The number of thiol groups is 1. The van der Waals surface area contributed by atoms with Gasteiger partial charge in [0.2, 0.25) is 0 Å². The van der Waals surface area contributed by atoms with Crippen LogP contribution in [0.3, 0.4) is 0 Å². The first-order valence-corrected chi connectivity index (χ1v) is 5.23. The van der Waals surface area contributed by atoms with Gasteiger partial charge in [-0.15, -0.1) is 0 Å². The number of methoxy groups -OCH3 is 1. The number of carbonyl (C=O) groups is 1. The predicted octanol–water partition coefficient (Wildman–Crippen LogP) is 0.192. The highest BCUT2D eigenvalue weighted by Gasteiger charge is 2.18. The van der Waals surface area contributed by atoms with Crippen LogP contribution < -0.4 is 0 Å². The van der Waals surface area contributed by atoms with E-state index in [1.165, 1.54) is 25.6 Å². The number of aliphatic hydroxyl groups is 2. The molecular formula is C10H13NO4S. The molecule has 6 heteroatoms. The van der Waals surface area contributed by atoms with Gasteiger partial charge in [0.1, 0.15) is 6.10 Å². The summed E-state index contributed by atoms with van der Waals surface area (Å²) >= 11 is 3.87. The van der Waals surface area contributed by atoms with E-state index in [4.69, 9.17) is 0 Å². The highest BCUT2D eigenvalue weighted by atomic mass is 32.1. The van der Waals surface area contributed by atoms with E-state index in [-0.39, 0.29) is 11.3 Å². The lowest BCUT2D eigenvalue weighted by molar-refractivity contribution is 0.0333. The lowest BCUT2D eigenvalue weighted by atomic mass is 10.1. The summed E-state index contributed by atoms with van der Waals surface area (Å²) in [6, 6.07) is 1.43. The molecule has 1 heterocycles. The Bertz CT molecular complexity index is 372. The van der Waals surface area contributed by atoms with Gasteiger partial charge in [-0.05, 0) is 6.07 Å². The molecule has 0 amide bonds. The van der Waals surface area contributed by atoms with Crippen molar-refractivity contribution in [1.82, 2.24) is 4.98 Å². The van der Waals surface area contributed by atoms with Crippen molar-refractivity contribution in [3.05, 3.63) is 29.6 Å². The van der Waals surface area contributed by atoms with Gasteiger partial charge in [-0.3, -0.25) is 4.98 Å². The van der Waals surface area contributed by atoms with E-state index in [0.29, 0.717) is 5.56 Å². The third kappa shape index (κ3) is 2.94. The lowest BCUT2D eigenvalue weighted by Gasteiger charge is -2.15. The Morgan fingerprint density at radius 1 is 1.56 bits per heavy atom. The molecule has 2 atom stereocenters. The number of pyridine rings is 1. The van der Waals surface area contributed by atoms with Crippen LogP contribution in [0.1, 0.15) is 22.0 Å². The fourth-order valence-corrected chi connectivity index (χ4v) is 1.37. The first kappa shape index (κ1) is 13.0. The summed E-state index contributed by atoms with van der Waals surface area (Å²) in [7, 11) is 1.26. The van der Waals surface area contributed by atoms with Crippen molar-refractivity contribution in [3.63, 3.8) is 0 Å². The normalized spacial score (nSPS) is 14.2. The van der Waals surface area contributed by atoms with E-state index in [1.807, 2.05) is 0 Å². The molecule has 1 aromatic heterocycles. The summed E-state index contributed by atoms with van der Waals surface area (Å²) < 4.78 is 4.52. The molecule has 0 bridgehead atoms. The van der Waals surface area contributed by atoms with Crippen LogP contribution in [-0.2, 0) is 4.74 Å². The zero-order chi connectivity index (χ0) is 12.1. The van der Waals surface area contributed by atoms with Crippen LogP contribution in [0.2, 0.25) is 0 Å². The third-order valence-corrected chi connectivity index (χ3v) is 2.45. The second kappa shape index (κ2) is 5.83. The number of esters is 1. The van der Waals surface area contributed by atoms with E-state index in [2.05, 4.69) is 22.3 Å². The topological polar surface area (TPSA) is 79.7 Å². The molecule has 0 aliphatic rings. The van der Waals surface area contributed by atoms with Crippen molar-refractivity contribution in [2.75, 3.05) is 12.9 Å². The van der Waals surface area contributed by atoms with Crippen molar-refractivity contribution in [2.45, 2.75) is 12.2 Å². The molecule has 0 fully saturated rings. The second-order valence-corrected chi connectivity index (χ2v) is 3.56. The Labute approximate surface area is 98.5 Å². The predicted molar refractivity (Wildman–Crippen MR) is 60.4 cm³/mol. The number of aliphatic hydroxyl groups excluding tert-OH is 2. The highest BCUT2D eigenvalue weighted by Crippen LogP contribution is 2.18. The number of hydrogen-bond donors (Lipinski definition) is 3. The second-order valence-electron chi connectivity index (χ2n) is 3.19. The molecular weight excluding hydrogens is 230 g/mol. The Balaban J connectivity index is 2.94. The fraction of sp³-hybridized carbons (Fsp3) is 0.400. The molecule has 0 saturated carbocycles. The maximum atomic E-state index is 11.2. The molecule has 2 N–H and O–H groups in total. The Hall–Kier alpha value is -1.11. The summed E-state index contributed by atoms with van der Waals surface area (Å²) in [5.74, 6) is -0.425. The summed E-state index contributed by atoms with van der Waals surface area (Å²) in [5, 5.41) is 19.1. The van der Waals surface area contributed by atoms with Gasteiger partial charge in [-0.1, -0.05) is 0 Å². The van der Waals surface area contributed by atoms with Gasteiger partial charge < -0.3 is 14.9 Å². The van der Waals surface area contributed by atoms with Crippen molar-refractivity contribution in [1.29, 1.82) is 0 Å². The molecule has 88 valence electrons. The molecule has 0 aliphatic carbocycles. The summed E-state index contributed by atoms with van der Waals surface area (Å²) in [4.78, 5) is 15.0. The van der Waals surface area contributed by atoms with Gasteiger partial charge >= 0.3 is 5.97 Å². The van der Waals surface area contributed by atoms with Crippen LogP contribution in [0, 0.1) is 0 Å². The molecule has 0 saturated heterocycles. The van der Waals surface area contributed by atoms with E-state index >= 15 is 0 Å². The van der Waals surface area contributed by atoms with Gasteiger partial charge in [-0.2, -0.15) is 12.6 Å². The summed E-state index contributed by atoms with van der Waals surface area (Å²) in [6.07, 6.45) is 0.589. The minimum Gasteiger partial charge on any atom is -0.465 e. The Kier molecular flexibility index (Phi) is 4.72. The highest BCUT2D eigenvalue weighted by molar-refractivity contribution is 7.80. The van der Waals surface area contributed by atoms with Crippen LogP contribution in [0.5, 0.6) is 0 Å². The maximum absolute atomic E-state index is 11.2. The quantitative estimate of drug-likeness (QED) is 0.520.